The molecule has 0 spiro atoms. The first-order chi connectivity index (χ1) is 7.55. The second-order valence-corrected chi connectivity index (χ2v) is 6.63. The van der Waals surface area contributed by atoms with E-state index in [4.69, 9.17) is 11.6 Å². The minimum atomic E-state index is -2.79. The van der Waals surface area contributed by atoms with Crippen LogP contribution in [-0.4, -0.2) is 30.9 Å². The van der Waals surface area contributed by atoms with Crippen LogP contribution < -0.4 is 5.32 Å². The van der Waals surface area contributed by atoms with E-state index < -0.39 is 9.84 Å². The molecule has 0 amide bonds. The Kier molecular flexibility index (Phi) is 3.35. The topological polar surface area (TPSA) is 59.1 Å². The molecule has 88 valence electrons. The molecule has 2 rings (SSSR count). The molecule has 0 unspecified atom stereocenters. The van der Waals surface area contributed by atoms with Gasteiger partial charge in [0.05, 0.1) is 23.4 Å². The average Bonchev–Trinajstić information content (AvgIpc) is 2.24. The lowest BCUT2D eigenvalue weighted by molar-refractivity contribution is 0.559. The van der Waals surface area contributed by atoms with Crippen LogP contribution in [0, 0.1) is 0 Å². The van der Waals surface area contributed by atoms with Crippen LogP contribution in [0.4, 0.5) is 5.69 Å². The third-order valence-corrected chi connectivity index (χ3v) is 4.59. The standard InChI is InChI=1S/C10H13ClN2O2S/c11-10-2-1-9(7-12-10)13-8-3-5-16(14,15)6-4-8/h1-2,7-8,13H,3-6H2. The number of rotatable bonds is 2. The molecule has 1 aliphatic rings. The highest BCUT2D eigenvalue weighted by molar-refractivity contribution is 7.91. The summed E-state index contributed by atoms with van der Waals surface area (Å²) < 4.78 is 22.5. The van der Waals surface area contributed by atoms with Crippen molar-refractivity contribution in [2.45, 2.75) is 18.9 Å². The Balaban J connectivity index is 1.94. The van der Waals surface area contributed by atoms with Crippen molar-refractivity contribution in [1.82, 2.24) is 4.98 Å². The van der Waals surface area contributed by atoms with Gasteiger partial charge in [-0.2, -0.15) is 0 Å². The van der Waals surface area contributed by atoms with Gasteiger partial charge in [0.2, 0.25) is 0 Å². The van der Waals surface area contributed by atoms with Crippen LogP contribution >= 0.6 is 11.6 Å². The predicted molar refractivity (Wildman–Crippen MR) is 64.5 cm³/mol. The SMILES string of the molecule is O=S1(=O)CCC(Nc2ccc(Cl)nc2)CC1. The van der Waals surface area contributed by atoms with Gasteiger partial charge < -0.3 is 5.32 Å². The van der Waals surface area contributed by atoms with E-state index in [0.29, 0.717) is 18.0 Å². The van der Waals surface area contributed by atoms with Crippen LogP contribution in [-0.2, 0) is 9.84 Å². The zero-order chi connectivity index (χ0) is 11.6. The Hall–Kier alpha value is -0.810. The Morgan fingerprint density at radius 3 is 2.56 bits per heavy atom. The van der Waals surface area contributed by atoms with Crippen molar-refractivity contribution in [3.05, 3.63) is 23.5 Å². The van der Waals surface area contributed by atoms with Crippen LogP contribution in [0.3, 0.4) is 0 Å². The van der Waals surface area contributed by atoms with Gasteiger partial charge in [-0.3, -0.25) is 0 Å². The maximum atomic E-state index is 11.2. The van der Waals surface area contributed by atoms with Gasteiger partial charge in [-0.05, 0) is 25.0 Å². The molecule has 1 aliphatic heterocycles. The van der Waals surface area contributed by atoms with Crippen molar-refractivity contribution in [3.8, 4) is 0 Å². The second kappa shape index (κ2) is 4.59. The molecule has 0 aromatic carbocycles. The lowest BCUT2D eigenvalue weighted by Gasteiger charge is -2.23. The Labute approximate surface area is 99.9 Å². The number of pyridine rings is 1. The molecule has 1 aromatic rings. The lowest BCUT2D eigenvalue weighted by Crippen LogP contribution is -2.32. The zero-order valence-electron chi connectivity index (χ0n) is 8.69. The molecule has 0 atom stereocenters. The van der Waals surface area contributed by atoms with Gasteiger partial charge in [0.1, 0.15) is 15.0 Å². The Morgan fingerprint density at radius 2 is 2.00 bits per heavy atom. The lowest BCUT2D eigenvalue weighted by atomic mass is 10.1. The number of nitrogens with one attached hydrogen (secondary N) is 1. The summed E-state index contributed by atoms with van der Waals surface area (Å²) in [4.78, 5) is 3.96. The molecule has 16 heavy (non-hydrogen) atoms. The fraction of sp³-hybridized carbons (Fsp3) is 0.500. The van der Waals surface area contributed by atoms with E-state index >= 15 is 0 Å². The average molecular weight is 261 g/mol. The van der Waals surface area contributed by atoms with Crippen molar-refractivity contribution < 1.29 is 8.42 Å². The summed E-state index contributed by atoms with van der Waals surface area (Å²) in [5.41, 5.74) is 0.883. The number of hydrogen-bond acceptors (Lipinski definition) is 4. The summed E-state index contributed by atoms with van der Waals surface area (Å²) in [6.07, 6.45) is 2.97. The quantitative estimate of drug-likeness (QED) is 0.823. The minimum absolute atomic E-state index is 0.214. The van der Waals surface area contributed by atoms with Gasteiger partial charge in [-0.1, -0.05) is 11.6 Å². The molecule has 0 bridgehead atoms. The highest BCUT2D eigenvalue weighted by atomic mass is 35.5. The first-order valence-electron chi connectivity index (χ1n) is 5.14. The third-order valence-electron chi connectivity index (χ3n) is 2.65. The van der Waals surface area contributed by atoms with Gasteiger partial charge in [0.15, 0.2) is 0 Å². The Morgan fingerprint density at radius 1 is 1.31 bits per heavy atom. The number of halogens is 1. The fourth-order valence-electron chi connectivity index (χ4n) is 1.73. The Bertz CT molecular complexity index is 444. The molecule has 0 aliphatic carbocycles. The zero-order valence-corrected chi connectivity index (χ0v) is 10.3. The molecule has 2 heterocycles. The molecule has 0 radical (unpaired) electrons. The first kappa shape index (κ1) is 11.7. The van der Waals surface area contributed by atoms with Crippen molar-refractivity contribution in [2.75, 3.05) is 16.8 Å². The summed E-state index contributed by atoms with van der Waals surface area (Å²) in [7, 11) is -2.79. The van der Waals surface area contributed by atoms with Crippen molar-refractivity contribution in [1.29, 1.82) is 0 Å². The van der Waals surface area contributed by atoms with Crippen LogP contribution in [0.1, 0.15) is 12.8 Å². The van der Waals surface area contributed by atoms with Gasteiger partial charge in [-0.15, -0.1) is 0 Å². The van der Waals surface area contributed by atoms with E-state index in [1.807, 2.05) is 6.07 Å². The molecular formula is C10H13ClN2O2S. The van der Waals surface area contributed by atoms with Gasteiger partial charge >= 0.3 is 0 Å². The number of anilines is 1. The highest BCUT2D eigenvalue weighted by Crippen LogP contribution is 2.18. The van der Waals surface area contributed by atoms with Crippen LogP contribution in [0.25, 0.3) is 0 Å². The molecule has 1 saturated heterocycles. The monoisotopic (exact) mass is 260 g/mol. The first-order valence-corrected chi connectivity index (χ1v) is 7.34. The van der Waals surface area contributed by atoms with Crippen LogP contribution in [0.15, 0.2) is 18.3 Å². The summed E-state index contributed by atoms with van der Waals surface area (Å²) in [6.45, 7) is 0. The van der Waals surface area contributed by atoms with Crippen LogP contribution in [0.2, 0.25) is 5.15 Å². The molecule has 0 saturated carbocycles. The van der Waals surface area contributed by atoms with E-state index in [2.05, 4.69) is 10.3 Å². The van der Waals surface area contributed by atoms with E-state index in [-0.39, 0.29) is 17.5 Å². The second-order valence-electron chi connectivity index (χ2n) is 3.94. The fourth-order valence-corrected chi connectivity index (χ4v) is 3.33. The number of nitrogens with zero attached hydrogens (tertiary/aromatic N) is 1. The highest BCUT2D eigenvalue weighted by Gasteiger charge is 2.23. The molecule has 1 aromatic heterocycles. The minimum Gasteiger partial charge on any atom is -0.381 e. The molecule has 1 N–H and O–H groups in total. The van der Waals surface area contributed by atoms with Gasteiger partial charge in [0.25, 0.3) is 0 Å². The maximum Gasteiger partial charge on any atom is 0.150 e. The molecule has 1 fully saturated rings. The summed E-state index contributed by atoms with van der Waals surface area (Å²) in [6, 6.07) is 3.77. The van der Waals surface area contributed by atoms with Gasteiger partial charge in [-0.25, -0.2) is 13.4 Å². The number of hydrogen-bond donors (Lipinski definition) is 1. The van der Waals surface area contributed by atoms with Crippen molar-refractivity contribution in [3.63, 3.8) is 0 Å². The molecular weight excluding hydrogens is 248 g/mol. The van der Waals surface area contributed by atoms with E-state index in [0.717, 1.165) is 5.69 Å². The van der Waals surface area contributed by atoms with Crippen molar-refractivity contribution >= 4 is 27.1 Å². The van der Waals surface area contributed by atoms with Crippen molar-refractivity contribution in [2.24, 2.45) is 0 Å². The van der Waals surface area contributed by atoms with E-state index in [1.54, 1.807) is 12.3 Å². The van der Waals surface area contributed by atoms with E-state index in [1.165, 1.54) is 0 Å². The molecule has 6 heteroatoms. The normalized spacial score (nSPS) is 20.6. The largest absolute Gasteiger partial charge is 0.381 e. The summed E-state index contributed by atoms with van der Waals surface area (Å²) in [5, 5.41) is 3.72. The number of sulfone groups is 1. The number of aromatic nitrogens is 1. The summed E-state index contributed by atoms with van der Waals surface area (Å²) in [5.74, 6) is 0.539. The van der Waals surface area contributed by atoms with E-state index in [9.17, 15) is 8.42 Å². The summed E-state index contributed by atoms with van der Waals surface area (Å²) >= 11 is 5.67. The third kappa shape index (κ3) is 3.09. The predicted octanol–water partition coefficient (Wildman–Crippen LogP) is 1.72. The molecule has 4 nitrogen and oxygen atoms in total. The smallest absolute Gasteiger partial charge is 0.150 e. The van der Waals surface area contributed by atoms with Crippen LogP contribution in [0.5, 0.6) is 0 Å². The van der Waals surface area contributed by atoms with Gasteiger partial charge in [0, 0.05) is 6.04 Å². The maximum absolute atomic E-state index is 11.2.